The minimum absolute atomic E-state index is 0.112. The van der Waals surface area contributed by atoms with Crippen molar-refractivity contribution >= 4 is 34.3 Å². The van der Waals surface area contributed by atoms with Gasteiger partial charge in [0, 0.05) is 4.90 Å². The summed E-state index contributed by atoms with van der Waals surface area (Å²) in [5.74, 6) is 0.112. The summed E-state index contributed by atoms with van der Waals surface area (Å²) in [6, 6.07) is 5.91. The Labute approximate surface area is 98.4 Å². The van der Waals surface area contributed by atoms with E-state index in [-0.39, 0.29) is 10.6 Å². The third kappa shape index (κ3) is 2.39. The summed E-state index contributed by atoms with van der Waals surface area (Å²) in [6.07, 6.45) is 0.916. The molecule has 0 aromatic heterocycles. The highest BCUT2D eigenvalue weighted by atomic mass is 79.9. The quantitative estimate of drug-likeness (QED) is 0.658. The molecule has 0 saturated heterocycles. The molecule has 1 aromatic rings. The Morgan fingerprint density at radius 2 is 2.21 bits per heavy atom. The van der Waals surface area contributed by atoms with E-state index in [0.717, 1.165) is 16.9 Å². The van der Waals surface area contributed by atoms with Crippen molar-refractivity contribution in [3.05, 3.63) is 29.3 Å². The number of rotatable bonds is 3. The highest BCUT2D eigenvalue weighted by Gasteiger charge is 2.18. The van der Waals surface area contributed by atoms with Crippen molar-refractivity contribution < 1.29 is 4.79 Å². The summed E-state index contributed by atoms with van der Waals surface area (Å²) in [5.41, 5.74) is 2.18. The molecule has 0 aliphatic carbocycles. The minimum atomic E-state index is -0.230. The molecule has 0 bridgehead atoms. The van der Waals surface area contributed by atoms with Gasteiger partial charge in [-0.25, -0.2) is 0 Å². The van der Waals surface area contributed by atoms with Crippen molar-refractivity contribution in [1.82, 2.24) is 0 Å². The Morgan fingerprint density at radius 1 is 1.57 bits per heavy atom. The van der Waals surface area contributed by atoms with Crippen molar-refractivity contribution in [2.45, 2.75) is 30.0 Å². The maximum absolute atomic E-state index is 11.3. The number of hydrogen-bond acceptors (Lipinski definition) is 2. The van der Waals surface area contributed by atoms with Gasteiger partial charge in [0.2, 0.25) is 0 Å². The molecule has 3 heteroatoms. The standard InChI is InChI=1S/C11H13BrOS/c1-3-8-5-4-6-9(14)10(8)11(12)7(2)13/h4-6,11,14H,3H2,1-2H3. The molecule has 1 nitrogen and oxygen atoms in total. The van der Waals surface area contributed by atoms with Crippen LogP contribution in [0.3, 0.4) is 0 Å². The van der Waals surface area contributed by atoms with E-state index in [1.807, 2.05) is 18.2 Å². The van der Waals surface area contributed by atoms with Crippen LogP contribution in [0.2, 0.25) is 0 Å². The maximum atomic E-state index is 11.3. The van der Waals surface area contributed by atoms with Crippen LogP contribution in [0.25, 0.3) is 0 Å². The van der Waals surface area contributed by atoms with Crippen LogP contribution in [0.5, 0.6) is 0 Å². The second kappa shape index (κ2) is 4.99. The molecule has 1 unspecified atom stereocenters. The van der Waals surface area contributed by atoms with Gasteiger partial charge in [-0.05, 0) is 30.5 Å². The van der Waals surface area contributed by atoms with Crippen molar-refractivity contribution in [1.29, 1.82) is 0 Å². The normalized spacial score (nSPS) is 12.6. The number of carbonyl (C=O) groups excluding carboxylic acids is 1. The summed E-state index contributed by atoms with van der Waals surface area (Å²) in [6.45, 7) is 3.66. The summed E-state index contributed by atoms with van der Waals surface area (Å²) < 4.78 is 0. The van der Waals surface area contributed by atoms with Gasteiger partial charge < -0.3 is 0 Å². The molecule has 0 spiro atoms. The number of benzene rings is 1. The molecule has 76 valence electrons. The van der Waals surface area contributed by atoms with Crippen LogP contribution >= 0.6 is 28.6 Å². The lowest BCUT2D eigenvalue weighted by Crippen LogP contribution is -2.05. The van der Waals surface area contributed by atoms with Gasteiger partial charge in [0.15, 0.2) is 0 Å². The zero-order chi connectivity index (χ0) is 10.7. The van der Waals surface area contributed by atoms with Gasteiger partial charge in [-0.15, -0.1) is 12.6 Å². The molecule has 0 aliphatic heterocycles. The van der Waals surface area contributed by atoms with Crippen LogP contribution in [0.4, 0.5) is 0 Å². The number of carbonyl (C=O) groups is 1. The maximum Gasteiger partial charge on any atom is 0.147 e. The van der Waals surface area contributed by atoms with Gasteiger partial charge in [-0.1, -0.05) is 35.0 Å². The first kappa shape index (κ1) is 11.8. The molecule has 1 rings (SSSR count). The number of aryl methyl sites for hydroxylation is 1. The number of Topliss-reactive ketones (excluding diaryl/α,β-unsaturated/α-hetero) is 1. The van der Waals surface area contributed by atoms with E-state index in [9.17, 15) is 4.79 Å². The van der Waals surface area contributed by atoms with Crippen molar-refractivity contribution in [3.8, 4) is 0 Å². The van der Waals surface area contributed by atoms with Crippen molar-refractivity contribution in [3.63, 3.8) is 0 Å². The fraction of sp³-hybridized carbons (Fsp3) is 0.364. The van der Waals surface area contributed by atoms with E-state index in [1.54, 1.807) is 6.92 Å². The zero-order valence-corrected chi connectivity index (χ0v) is 10.7. The monoisotopic (exact) mass is 272 g/mol. The Hall–Kier alpha value is -0.280. The smallest absolute Gasteiger partial charge is 0.147 e. The molecular formula is C11H13BrOS. The molecule has 1 atom stereocenters. The lowest BCUT2D eigenvalue weighted by molar-refractivity contribution is -0.116. The van der Waals surface area contributed by atoms with Gasteiger partial charge in [0.25, 0.3) is 0 Å². The van der Waals surface area contributed by atoms with Gasteiger partial charge >= 0.3 is 0 Å². The van der Waals surface area contributed by atoms with E-state index in [1.165, 1.54) is 5.56 Å². The first-order valence-corrected chi connectivity index (χ1v) is 5.89. The fourth-order valence-corrected chi connectivity index (χ4v) is 2.48. The lowest BCUT2D eigenvalue weighted by Gasteiger charge is -2.14. The third-order valence-corrected chi connectivity index (χ3v) is 3.66. The molecule has 0 saturated carbocycles. The van der Waals surface area contributed by atoms with Crippen molar-refractivity contribution in [2.24, 2.45) is 0 Å². The second-order valence-electron chi connectivity index (χ2n) is 3.18. The number of ketones is 1. The van der Waals surface area contributed by atoms with E-state index < -0.39 is 0 Å². The predicted octanol–water partition coefficient (Wildman–Crippen LogP) is 3.56. The van der Waals surface area contributed by atoms with E-state index >= 15 is 0 Å². The highest BCUT2D eigenvalue weighted by molar-refractivity contribution is 9.09. The molecule has 0 fully saturated rings. The van der Waals surface area contributed by atoms with Crippen LogP contribution in [0, 0.1) is 0 Å². The van der Waals surface area contributed by atoms with Crippen molar-refractivity contribution in [2.75, 3.05) is 0 Å². The summed E-state index contributed by atoms with van der Waals surface area (Å²) in [7, 11) is 0. The lowest BCUT2D eigenvalue weighted by atomic mass is 10.0. The average molecular weight is 273 g/mol. The van der Waals surface area contributed by atoms with Crippen LogP contribution in [0.15, 0.2) is 23.1 Å². The first-order chi connectivity index (χ1) is 6.57. The molecule has 0 radical (unpaired) electrons. The molecular weight excluding hydrogens is 260 g/mol. The Balaban J connectivity index is 3.23. The zero-order valence-electron chi connectivity index (χ0n) is 8.25. The number of thiol groups is 1. The number of alkyl halides is 1. The molecule has 0 amide bonds. The van der Waals surface area contributed by atoms with Gasteiger partial charge in [-0.2, -0.15) is 0 Å². The molecule has 0 aliphatic rings. The summed E-state index contributed by atoms with van der Waals surface area (Å²) in [4.78, 5) is 11.9. The third-order valence-electron chi connectivity index (χ3n) is 2.16. The molecule has 0 heterocycles. The van der Waals surface area contributed by atoms with Gasteiger partial charge in [0.05, 0.1) is 4.83 Å². The van der Waals surface area contributed by atoms with Gasteiger partial charge in [-0.3, -0.25) is 4.79 Å². The summed E-state index contributed by atoms with van der Waals surface area (Å²) in [5, 5.41) is 0. The highest BCUT2D eigenvalue weighted by Crippen LogP contribution is 2.32. The van der Waals surface area contributed by atoms with Crippen LogP contribution in [0.1, 0.15) is 29.8 Å². The van der Waals surface area contributed by atoms with E-state index in [2.05, 4.69) is 35.5 Å². The Bertz CT molecular complexity index is 349. The number of hydrogen-bond donors (Lipinski definition) is 1. The topological polar surface area (TPSA) is 17.1 Å². The minimum Gasteiger partial charge on any atom is -0.298 e. The molecule has 14 heavy (non-hydrogen) atoms. The average Bonchev–Trinajstić information content (AvgIpc) is 2.16. The summed E-state index contributed by atoms with van der Waals surface area (Å²) >= 11 is 7.77. The van der Waals surface area contributed by atoms with Crippen LogP contribution < -0.4 is 0 Å². The van der Waals surface area contributed by atoms with E-state index in [0.29, 0.717) is 0 Å². The largest absolute Gasteiger partial charge is 0.298 e. The van der Waals surface area contributed by atoms with Crippen LogP contribution in [-0.4, -0.2) is 5.78 Å². The SMILES string of the molecule is CCc1cccc(S)c1C(Br)C(C)=O. The van der Waals surface area contributed by atoms with Gasteiger partial charge in [0.1, 0.15) is 5.78 Å². The second-order valence-corrected chi connectivity index (χ2v) is 4.57. The molecule has 0 N–H and O–H groups in total. The molecule has 1 aromatic carbocycles. The Morgan fingerprint density at radius 3 is 2.71 bits per heavy atom. The number of halogens is 1. The predicted molar refractivity (Wildman–Crippen MR) is 65.4 cm³/mol. The van der Waals surface area contributed by atoms with E-state index in [4.69, 9.17) is 0 Å². The fourth-order valence-electron chi connectivity index (χ4n) is 1.40. The first-order valence-electron chi connectivity index (χ1n) is 4.53. The van der Waals surface area contributed by atoms with Crippen LogP contribution in [-0.2, 0) is 11.2 Å². The Kier molecular flexibility index (Phi) is 4.20.